The molecule has 2 aromatic rings. The Bertz CT molecular complexity index is 434. The van der Waals surface area contributed by atoms with Crippen LogP contribution in [0.4, 0.5) is 0 Å². The van der Waals surface area contributed by atoms with Crippen LogP contribution in [0.25, 0.3) is 0 Å². The molecule has 0 radical (unpaired) electrons. The maximum absolute atomic E-state index is 7.88. The minimum absolute atomic E-state index is 0.742. The van der Waals surface area contributed by atoms with Crippen molar-refractivity contribution in [1.29, 1.82) is 5.41 Å². The first kappa shape index (κ1) is 11.4. The van der Waals surface area contributed by atoms with E-state index in [1.165, 1.54) is 10.4 Å². The zero-order valence-electron chi connectivity index (χ0n) is 8.85. The number of thiophene rings is 1. The van der Waals surface area contributed by atoms with Crippen molar-refractivity contribution in [1.82, 2.24) is 0 Å². The number of hydrogen-bond acceptors (Lipinski definition) is 3. The Morgan fingerprint density at radius 2 is 1.94 bits per heavy atom. The Labute approximate surface area is 104 Å². The SMILES string of the molecule is N=C(Cc1cccs1)SCc1ccccc1. The van der Waals surface area contributed by atoms with E-state index in [-0.39, 0.29) is 0 Å². The summed E-state index contributed by atoms with van der Waals surface area (Å²) in [7, 11) is 0. The van der Waals surface area contributed by atoms with Crippen molar-refractivity contribution in [3.63, 3.8) is 0 Å². The molecule has 2 rings (SSSR count). The second-order valence-corrected chi connectivity index (χ2v) is 5.56. The van der Waals surface area contributed by atoms with Crippen molar-refractivity contribution in [2.24, 2.45) is 0 Å². The molecule has 1 aromatic carbocycles. The molecule has 0 unspecified atom stereocenters. The van der Waals surface area contributed by atoms with E-state index in [0.29, 0.717) is 0 Å². The highest BCUT2D eigenvalue weighted by Crippen LogP contribution is 2.17. The summed E-state index contributed by atoms with van der Waals surface area (Å²) in [5.41, 5.74) is 1.28. The summed E-state index contributed by atoms with van der Waals surface area (Å²) in [4.78, 5) is 1.27. The minimum Gasteiger partial charge on any atom is -0.298 e. The summed E-state index contributed by atoms with van der Waals surface area (Å²) in [5, 5.41) is 10.7. The highest BCUT2D eigenvalue weighted by Gasteiger charge is 2.01. The van der Waals surface area contributed by atoms with Gasteiger partial charge in [-0.1, -0.05) is 36.4 Å². The van der Waals surface area contributed by atoms with Crippen LogP contribution < -0.4 is 0 Å². The van der Waals surface area contributed by atoms with Crippen LogP contribution in [0.1, 0.15) is 10.4 Å². The highest BCUT2D eigenvalue weighted by molar-refractivity contribution is 8.13. The summed E-state index contributed by atoms with van der Waals surface area (Å²) in [6, 6.07) is 14.4. The Morgan fingerprint density at radius 1 is 1.12 bits per heavy atom. The van der Waals surface area contributed by atoms with E-state index < -0.39 is 0 Å². The van der Waals surface area contributed by atoms with E-state index in [4.69, 9.17) is 5.41 Å². The van der Waals surface area contributed by atoms with Crippen LogP contribution in [0.15, 0.2) is 47.8 Å². The van der Waals surface area contributed by atoms with E-state index in [0.717, 1.165) is 17.2 Å². The standard InChI is InChI=1S/C13H13NS2/c14-13(9-12-7-4-8-15-12)16-10-11-5-2-1-3-6-11/h1-8,14H,9-10H2. The second kappa shape index (κ2) is 5.87. The van der Waals surface area contributed by atoms with Crippen molar-refractivity contribution in [2.45, 2.75) is 12.2 Å². The molecule has 0 aliphatic carbocycles. The molecule has 0 saturated heterocycles. The van der Waals surface area contributed by atoms with E-state index in [2.05, 4.69) is 23.6 Å². The number of hydrogen-bond donors (Lipinski definition) is 1. The fraction of sp³-hybridized carbons (Fsp3) is 0.154. The highest BCUT2D eigenvalue weighted by atomic mass is 32.2. The Kier molecular flexibility index (Phi) is 4.19. The molecule has 1 nitrogen and oxygen atoms in total. The van der Waals surface area contributed by atoms with Gasteiger partial charge in [0.05, 0.1) is 5.04 Å². The maximum atomic E-state index is 7.88. The van der Waals surface area contributed by atoms with E-state index in [9.17, 15) is 0 Å². The van der Waals surface area contributed by atoms with Crippen LogP contribution >= 0.6 is 23.1 Å². The lowest BCUT2D eigenvalue weighted by Gasteiger charge is -2.02. The van der Waals surface area contributed by atoms with Gasteiger partial charge in [-0.15, -0.1) is 23.1 Å². The van der Waals surface area contributed by atoms with Crippen molar-refractivity contribution >= 4 is 28.1 Å². The molecule has 0 aliphatic rings. The summed E-state index contributed by atoms with van der Waals surface area (Å²) in [5.74, 6) is 0.894. The van der Waals surface area contributed by atoms with Gasteiger partial charge >= 0.3 is 0 Å². The van der Waals surface area contributed by atoms with Gasteiger partial charge in [0.15, 0.2) is 0 Å². The summed E-state index contributed by atoms with van der Waals surface area (Å²) in [6.45, 7) is 0. The fourth-order valence-electron chi connectivity index (χ4n) is 1.37. The molecule has 82 valence electrons. The Morgan fingerprint density at radius 3 is 2.62 bits per heavy atom. The topological polar surface area (TPSA) is 23.9 Å². The average molecular weight is 247 g/mol. The number of nitrogens with one attached hydrogen (secondary N) is 1. The molecule has 16 heavy (non-hydrogen) atoms. The molecule has 0 bridgehead atoms. The first-order valence-corrected chi connectivity index (χ1v) is 6.97. The monoisotopic (exact) mass is 247 g/mol. The van der Waals surface area contributed by atoms with Gasteiger partial charge in [-0.3, -0.25) is 5.41 Å². The lowest BCUT2D eigenvalue weighted by atomic mass is 10.2. The molecule has 1 aromatic heterocycles. The van der Waals surface area contributed by atoms with Gasteiger partial charge in [-0.05, 0) is 17.0 Å². The minimum atomic E-state index is 0.742. The van der Waals surface area contributed by atoms with Crippen LogP contribution in [0.3, 0.4) is 0 Å². The normalized spacial score (nSPS) is 10.2. The average Bonchev–Trinajstić information content (AvgIpc) is 2.81. The number of benzene rings is 1. The van der Waals surface area contributed by atoms with Gasteiger partial charge in [0.25, 0.3) is 0 Å². The fourth-order valence-corrected chi connectivity index (χ4v) is 2.97. The van der Waals surface area contributed by atoms with Gasteiger partial charge in [0.2, 0.25) is 0 Å². The third kappa shape index (κ3) is 3.51. The van der Waals surface area contributed by atoms with Gasteiger partial charge in [0.1, 0.15) is 0 Å². The molecule has 0 aliphatic heterocycles. The summed E-state index contributed by atoms with van der Waals surface area (Å²) >= 11 is 3.34. The zero-order chi connectivity index (χ0) is 11.2. The van der Waals surface area contributed by atoms with Gasteiger partial charge < -0.3 is 0 Å². The van der Waals surface area contributed by atoms with Crippen molar-refractivity contribution in [3.8, 4) is 0 Å². The van der Waals surface area contributed by atoms with Crippen molar-refractivity contribution in [3.05, 3.63) is 58.3 Å². The molecule has 3 heteroatoms. The summed E-state index contributed by atoms with van der Waals surface area (Å²) in [6.07, 6.45) is 0.773. The Hall–Kier alpha value is -1.06. The molecule has 1 N–H and O–H groups in total. The third-order valence-corrected chi connectivity index (χ3v) is 4.02. The smallest absolute Gasteiger partial charge is 0.0696 e. The number of rotatable bonds is 4. The molecule has 0 amide bonds. The Balaban J connectivity index is 1.80. The molecule has 0 saturated carbocycles. The van der Waals surface area contributed by atoms with E-state index in [1.54, 1.807) is 23.1 Å². The third-order valence-electron chi connectivity index (χ3n) is 2.17. The lowest BCUT2D eigenvalue weighted by molar-refractivity contribution is 1.37. The van der Waals surface area contributed by atoms with Gasteiger partial charge in [0, 0.05) is 17.1 Å². The molecular formula is C13H13NS2. The van der Waals surface area contributed by atoms with Crippen LogP contribution in [0.5, 0.6) is 0 Å². The van der Waals surface area contributed by atoms with Crippen LogP contribution in [-0.2, 0) is 12.2 Å². The van der Waals surface area contributed by atoms with Crippen molar-refractivity contribution < 1.29 is 0 Å². The van der Waals surface area contributed by atoms with E-state index >= 15 is 0 Å². The second-order valence-electron chi connectivity index (χ2n) is 3.45. The largest absolute Gasteiger partial charge is 0.298 e. The maximum Gasteiger partial charge on any atom is 0.0696 e. The predicted molar refractivity (Wildman–Crippen MR) is 73.5 cm³/mol. The zero-order valence-corrected chi connectivity index (χ0v) is 10.5. The molecular weight excluding hydrogens is 234 g/mol. The van der Waals surface area contributed by atoms with Gasteiger partial charge in [-0.25, -0.2) is 0 Å². The first-order chi connectivity index (χ1) is 7.84. The molecule has 0 atom stereocenters. The van der Waals surface area contributed by atoms with Crippen molar-refractivity contribution in [2.75, 3.05) is 0 Å². The molecule has 0 fully saturated rings. The predicted octanol–water partition coefficient (Wildman–Crippen LogP) is 4.20. The molecule has 0 spiro atoms. The molecule has 1 heterocycles. The van der Waals surface area contributed by atoms with Crippen LogP contribution in [0, 0.1) is 5.41 Å². The van der Waals surface area contributed by atoms with Crippen LogP contribution in [0.2, 0.25) is 0 Å². The first-order valence-electron chi connectivity index (χ1n) is 5.11. The van der Waals surface area contributed by atoms with Gasteiger partial charge in [-0.2, -0.15) is 0 Å². The number of thioether (sulfide) groups is 1. The van der Waals surface area contributed by atoms with E-state index in [1.807, 2.05) is 24.3 Å². The quantitative estimate of drug-likeness (QED) is 0.635. The van der Waals surface area contributed by atoms with Crippen LogP contribution in [-0.4, -0.2) is 5.04 Å². The lowest BCUT2D eigenvalue weighted by Crippen LogP contribution is -1.95. The summed E-state index contributed by atoms with van der Waals surface area (Å²) < 4.78 is 0.